The van der Waals surface area contributed by atoms with Crippen LogP contribution in [0.25, 0.3) is 134 Å². The molecule has 0 saturated heterocycles. The topological polar surface area (TPSA) is 43.6 Å². The predicted octanol–water partition coefficient (Wildman–Crippen LogP) is 20.0. The number of allylic oxidation sites excluding steroid dienone is 4. The average Bonchev–Trinajstić information content (AvgIpc) is 3.94. The van der Waals surface area contributed by atoms with E-state index in [0.717, 1.165) is 100 Å². The lowest BCUT2D eigenvalue weighted by atomic mass is 9.91. The van der Waals surface area contributed by atoms with Crippen molar-refractivity contribution in [2.24, 2.45) is 0 Å². The molecule has 4 heteroatoms. The summed E-state index contributed by atoms with van der Waals surface area (Å²) >= 11 is 0. The molecule has 0 bridgehead atoms. The number of hydrogen-bond donors (Lipinski definition) is 0. The second-order valence-electron chi connectivity index (χ2n) is 19.8. The molecule has 0 aliphatic rings. The van der Waals surface area contributed by atoms with Crippen molar-refractivity contribution < 1.29 is 0 Å². The molecule has 0 radical (unpaired) electrons. The molecule has 2 aromatic heterocycles. The first kappa shape index (κ1) is 48.4. The molecule has 0 aliphatic carbocycles. The maximum Gasteiger partial charge on any atom is 0.164 e. The summed E-state index contributed by atoms with van der Waals surface area (Å²) < 4.78 is 2.48. The van der Waals surface area contributed by atoms with Gasteiger partial charge in [0.1, 0.15) is 0 Å². The van der Waals surface area contributed by atoms with Gasteiger partial charge in [-0.1, -0.05) is 261 Å². The van der Waals surface area contributed by atoms with Crippen LogP contribution in [-0.2, 0) is 0 Å². The summed E-state index contributed by atoms with van der Waals surface area (Å²) in [5.74, 6) is 1.76. The van der Waals surface area contributed by atoms with Gasteiger partial charge in [-0.15, -0.1) is 0 Å². The van der Waals surface area contributed by atoms with Crippen molar-refractivity contribution >= 4 is 27.4 Å². The molecule has 13 rings (SSSR count). The van der Waals surface area contributed by atoms with Gasteiger partial charge < -0.3 is 4.57 Å². The molecule has 0 unspecified atom stereocenters. The van der Waals surface area contributed by atoms with Crippen LogP contribution in [0, 0.1) is 0 Å². The van der Waals surface area contributed by atoms with Crippen LogP contribution in [0.2, 0.25) is 0 Å². The minimum absolute atomic E-state index is 0.574. The second kappa shape index (κ2) is 21.4. The molecule has 4 nitrogen and oxygen atoms in total. The van der Waals surface area contributed by atoms with Crippen LogP contribution < -0.4 is 0 Å². The van der Waals surface area contributed by atoms with Gasteiger partial charge in [-0.2, -0.15) is 0 Å². The van der Waals surface area contributed by atoms with Gasteiger partial charge in [-0.25, -0.2) is 15.0 Å². The molecular formula is C75H54N4. The molecule has 79 heavy (non-hydrogen) atoms. The Morgan fingerprint density at radius 3 is 1.11 bits per heavy atom. The first-order valence-corrected chi connectivity index (χ1v) is 27.0. The highest BCUT2D eigenvalue weighted by atomic mass is 15.0. The third-order valence-electron chi connectivity index (χ3n) is 15.0. The monoisotopic (exact) mass is 1010 g/mol. The minimum Gasteiger partial charge on any atom is -0.308 e. The maximum atomic E-state index is 5.45. The third kappa shape index (κ3) is 9.58. The van der Waals surface area contributed by atoms with E-state index in [4.69, 9.17) is 15.0 Å². The Kier molecular flexibility index (Phi) is 13.1. The summed E-state index contributed by atoms with van der Waals surface area (Å²) in [6, 6.07) is 97.8. The average molecular weight is 1010 g/mol. The highest BCUT2D eigenvalue weighted by Gasteiger charge is 2.24. The molecule has 13 aromatic rings. The predicted molar refractivity (Wildman–Crippen MR) is 332 cm³/mol. The van der Waals surface area contributed by atoms with Gasteiger partial charge in [0.25, 0.3) is 0 Å². The third-order valence-corrected chi connectivity index (χ3v) is 15.0. The zero-order chi connectivity index (χ0) is 53.1. The lowest BCUT2D eigenvalue weighted by molar-refractivity contribution is 1.07. The van der Waals surface area contributed by atoms with Gasteiger partial charge >= 0.3 is 0 Å². The van der Waals surface area contributed by atoms with Crippen molar-refractivity contribution in [1.29, 1.82) is 0 Å². The second-order valence-corrected chi connectivity index (χ2v) is 19.8. The summed E-state index contributed by atoms with van der Waals surface area (Å²) in [5, 5.41) is 2.36. The fourth-order valence-corrected chi connectivity index (χ4v) is 11.0. The Balaban J connectivity index is 1.08. The van der Waals surface area contributed by atoms with Crippen molar-refractivity contribution in [2.75, 3.05) is 0 Å². The highest BCUT2D eigenvalue weighted by Crippen LogP contribution is 2.45. The first-order valence-electron chi connectivity index (χ1n) is 27.0. The number of aromatic nitrogens is 4. The van der Waals surface area contributed by atoms with Crippen molar-refractivity contribution in [3.05, 3.63) is 297 Å². The van der Waals surface area contributed by atoms with Gasteiger partial charge in [-0.3, -0.25) is 0 Å². The van der Waals surface area contributed by atoms with E-state index in [1.807, 2.05) is 13.0 Å². The van der Waals surface area contributed by atoms with Crippen molar-refractivity contribution in [2.45, 2.75) is 13.8 Å². The van der Waals surface area contributed by atoms with E-state index >= 15 is 0 Å². The van der Waals surface area contributed by atoms with Crippen LogP contribution in [-0.4, -0.2) is 19.5 Å². The van der Waals surface area contributed by atoms with Crippen LogP contribution in [0.4, 0.5) is 0 Å². The van der Waals surface area contributed by atoms with Crippen LogP contribution in [0.15, 0.2) is 291 Å². The Morgan fingerprint density at radius 1 is 0.304 bits per heavy atom. The van der Waals surface area contributed by atoms with Crippen LogP contribution >= 0.6 is 0 Å². The SMILES string of the molecule is C/C=C\C(=C/C)c1ccc(-c2nc(-c3ccc(-c4ccccc4)cc3)nc(-c3cc(-c4ccc(-c5ccccc5)cc4)c(-n4c5ccccc5c5cc(-c6ccccc6)ccc54)c(-c4ccc(-c5ccccc5)cc4)c3)n2)cc1. The summed E-state index contributed by atoms with van der Waals surface area (Å²) in [5.41, 5.74) is 21.7. The van der Waals surface area contributed by atoms with E-state index in [0.29, 0.717) is 17.5 Å². The van der Waals surface area contributed by atoms with Gasteiger partial charge in [0.05, 0.1) is 16.7 Å². The standard InChI is InChI=1S/C75H54N4/c1-3-19-51(4-2)56-34-42-62(43-35-56)73-76-74(63-44-36-59(37-45-63)54-24-13-7-14-25-54)78-75(77-73)65-49-67(60-38-30-57(31-39-60)52-20-9-5-10-21-52)72(68(50-65)61-40-32-58(33-41-61)53-22-11-6-12-23-53)79-70-29-18-17-28-66(70)69-48-64(46-47-71(69)79)55-26-15-8-16-27-55/h3-50H,1-2H3/b19-3-,51-4+. The lowest BCUT2D eigenvalue weighted by Gasteiger charge is -2.21. The molecule has 0 spiro atoms. The van der Waals surface area contributed by atoms with E-state index in [-0.39, 0.29) is 0 Å². The van der Waals surface area contributed by atoms with E-state index < -0.39 is 0 Å². The number of para-hydroxylation sites is 1. The van der Waals surface area contributed by atoms with E-state index in [2.05, 4.69) is 297 Å². The van der Waals surface area contributed by atoms with E-state index in [1.165, 1.54) is 21.9 Å². The fraction of sp³-hybridized carbons (Fsp3) is 0.0267. The number of benzene rings is 11. The minimum atomic E-state index is 0.574. The molecule has 2 heterocycles. The molecule has 0 fully saturated rings. The van der Waals surface area contributed by atoms with Gasteiger partial charge in [0.2, 0.25) is 0 Å². The molecule has 0 amide bonds. The number of hydrogen-bond acceptors (Lipinski definition) is 3. The van der Waals surface area contributed by atoms with Crippen LogP contribution in [0.1, 0.15) is 19.4 Å². The van der Waals surface area contributed by atoms with E-state index in [1.54, 1.807) is 0 Å². The number of rotatable bonds is 12. The smallest absolute Gasteiger partial charge is 0.164 e. The largest absolute Gasteiger partial charge is 0.308 e. The Bertz CT molecular complexity index is 4250. The Hall–Kier alpha value is -10.3. The molecule has 0 atom stereocenters. The maximum absolute atomic E-state index is 5.45. The lowest BCUT2D eigenvalue weighted by Crippen LogP contribution is -2.04. The molecule has 11 aromatic carbocycles. The Morgan fingerprint density at radius 2 is 0.658 bits per heavy atom. The van der Waals surface area contributed by atoms with Crippen LogP contribution in [0.3, 0.4) is 0 Å². The highest BCUT2D eigenvalue weighted by molar-refractivity contribution is 6.12. The molecule has 374 valence electrons. The summed E-state index contributed by atoms with van der Waals surface area (Å²) in [6.45, 7) is 4.12. The van der Waals surface area contributed by atoms with Crippen molar-refractivity contribution in [3.63, 3.8) is 0 Å². The number of nitrogens with zero attached hydrogens (tertiary/aromatic N) is 4. The number of fused-ring (bicyclic) bond motifs is 3. The first-order chi connectivity index (χ1) is 39.1. The van der Waals surface area contributed by atoms with Crippen molar-refractivity contribution in [1.82, 2.24) is 19.5 Å². The van der Waals surface area contributed by atoms with Gasteiger partial charge in [0, 0.05) is 38.6 Å². The quantitative estimate of drug-likeness (QED) is 0.115. The molecular weight excluding hydrogens is 957 g/mol. The molecule has 0 aliphatic heterocycles. The van der Waals surface area contributed by atoms with Gasteiger partial charge in [-0.05, 0) is 111 Å². The normalized spacial score (nSPS) is 11.7. The van der Waals surface area contributed by atoms with E-state index in [9.17, 15) is 0 Å². The van der Waals surface area contributed by atoms with Crippen LogP contribution in [0.5, 0.6) is 0 Å². The van der Waals surface area contributed by atoms with Gasteiger partial charge in [0.15, 0.2) is 17.5 Å². The zero-order valence-corrected chi connectivity index (χ0v) is 44.0. The summed E-state index contributed by atoms with van der Waals surface area (Å²) in [4.78, 5) is 16.2. The summed E-state index contributed by atoms with van der Waals surface area (Å²) in [7, 11) is 0. The Labute approximate surface area is 461 Å². The molecule has 0 N–H and O–H groups in total. The fourth-order valence-electron chi connectivity index (χ4n) is 11.0. The summed E-state index contributed by atoms with van der Waals surface area (Å²) in [6.07, 6.45) is 6.35. The zero-order valence-electron chi connectivity index (χ0n) is 44.0. The van der Waals surface area contributed by atoms with Crippen molar-refractivity contribution in [3.8, 4) is 107 Å². The molecule has 0 saturated carbocycles.